The van der Waals surface area contributed by atoms with Crippen molar-refractivity contribution in [1.29, 1.82) is 0 Å². The predicted molar refractivity (Wildman–Crippen MR) is 81.2 cm³/mol. The van der Waals surface area contributed by atoms with Gasteiger partial charge in [0.25, 0.3) is 5.91 Å². The van der Waals surface area contributed by atoms with E-state index in [0.717, 1.165) is 23.5 Å². The largest absolute Gasteiger partial charge is 0.382 e. The van der Waals surface area contributed by atoms with Gasteiger partial charge < -0.3 is 16.4 Å². The van der Waals surface area contributed by atoms with E-state index in [0.29, 0.717) is 23.2 Å². The zero-order valence-electron chi connectivity index (χ0n) is 11.0. The lowest BCUT2D eigenvalue weighted by Crippen LogP contribution is -2.26. The van der Waals surface area contributed by atoms with Crippen LogP contribution in [0.1, 0.15) is 33.9 Å². The second-order valence-corrected chi connectivity index (χ2v) is 6.47. The summed E-state index contributed by atoms with van der Waals surface area (Å²) in [5, 5.41) is 9.81. The summed E-state index contributed by atoms with van der Waals surface area (Å²) in [6.45, 7) is 2.53. The molecule has 0 radical (unpaired) electrons. The Hall–Kier alpha value is -1.67. The second kappa shape index (κ2) is 5.37. The fourth-order valence-electron chi connectivity index (χ4n) is 1.77. The molecule has 2 heterocycles. The predicted octanol–water partition coefficient (Wildman–Crippen LogP) is 1.99. The number of nitrogens with one attached hydrogen (secondary N) is 2. The van der Waals surface area contributed by atoms with Gasteiger partial charge in [0, 0.05) is 17.1 Å². The summed E-state index contributed by atoms with van der Waals surface area (Å²) in [6.07, 6.45) is 2.09. The van der Waals surface area contributed by atoms with Crippen LogP contribution in [0.4, 0.5) is 10.8 Å². The molecule has 1 aliphatic rings. The molecule has 0 aliphatic heterocycles. The number of aryl methyl sites for hydroxylation is 1. The fraction of sp³-hybridized carbons (Fsp3) is 0.417. The van der Waals surface area contributed by atoms with Crippen molar-refractivity contribution in [1.82, 2.24) is 14.7 Å². The summed E-state index contributed by atoms with van der Waals surface area (Å²) in [5.41, 5.74) is 7.25. The highest BCUT2D eigenvalue weighted by Gasteiger charge is 2.27. The molecule has 0 atom stereocenters. The van der Waals surface area contributed by atoms with Crippen LogP contribution in [-0.4, -0.2) is 21.3 Å². The van der Waals surface area contributed by atoms with Crippen LogP contribution in [0.3, 0.4) is 0 Å². The van der Waals surface area contributed by atoms with Gasteiger partial charge in [0.15, 0.2) is 5.82 Å². The average Bonchev–Trinajstić information content (AvgIpc) is 2.99. The first-order valence-corrected chi connectivity index (χ1v) is 7.99. The highest BCUT2D eigenvalue weighted by Crippen LogP contribution is 2.29. The van der Waals surface area contributed by atoms with Crippen LogP contribution in [0.2, 0.25) is 0 Å². The molecular weight excluding hydrogens is 294 g/mol. The number of nitrogens with two attached hydrogens (primary N) is 1. The van der Waals surface area contributed by atoms with Gasteiger partial charge in [0.2, 0.25) is 0 Å². The Morgan fingerprint density at radius 1 is 1.55 bits per heavy atom. The smallest absolute Gasteiger partial charge is 0.258 e. The number of carbonyl (C=O) groups excluding carboxylic acids is 1. The number of hydrogen-bond donors (Lipinski definition) is 3. The number of hydrogen-bond acceptors (Lipinski definition) is 7. The van der Waals surface area contributed by atoms with E-state index in [1.54, 1.807) is 11.3 Å². The molecule has 8 heteroatoms. The summed E-state index contributed by atoms with van der Waals surface area (Å²) in [6, 6.07) is 0.302. The van der Waals surface area contributed by atoms with Crippen molar-refractivity contribution >= 4 is 39.6 Å². The molecule has 1 amide bonds. The molecule has 0 spiro atoms. The Morgan fingerprint density at radius 3 is 3.00 bits per heavy atom. The van der Waals surface area contributed by atoms with Gasteiger partial charge in [-0.2, -0.15) is 4.37 Å². The number of nitrogens with zero attached hydrogens (tertiary/aromatic N) is 2. The van der Waals surface area contributed by atoms with Crippen molar-refractivity contribution in [3.8, 4) is 0 Å². The topological polar surface area (TPSA) is 92.9 Å². The number of rotatable bonds is 5. The molecule has 0 unspecified atom stereocenters. The molecule has 1 saturated carbocycles. The Balaban J connectivity index is 1.70. The summed E-state index contributed by atoms with van der Waals surface area (Å²) in [7, 11) is 0. The van der Waals surface area contributed by atoms with E-state index < -0.39 is 0 Å². The van der Waals surface area contributed by atoms with Crippen molar-refractivity contribution < 1.29 is 4.79 Å². The van der Waals surface area contributed by atoms with Crippen LogP contribution in [-0.2, 0) is 6.54 Å². The lowest BCUT2D eigenvalue weighted by atomic mass is 10.3. The Bertz CT molecular complexity index is 632. The van der Waals surface area contributed by atoms with Gasteiger partial charge in [0.05, 0.1) is 6.54 Å². The van der Waals surface area contributed by atoms with Crippen LogP contribution in [0.15, 0.2) is 5.38 Å². The van der Waals surface area contributed by atoms with Crippen LogP contribution in [0.25, 0.3) is 0 Å². The number of carbonyl (C=O) groups is 1. The molecule has 106 valence electrons. The van der Waals surface area contributed by atoms with Gasteiger partial charge in [-0.3, -0.25) is 4.79 Å². The minimum atomic E-state index is -0.142. The highest BCUT2D eigenvalue weighted by atomic mass is 32.1. The monoisotopic (exact) mass is 309 g/mol. The minimum absolute atomic E-state index is 0.142. The quantitative estimate of drug-likeness (QED) is 0.785. The van der Waals surface area contributed by atoms with E-state index in [-0.39, 0.29) is 11.7 Å². The van der Waals surface area contributed by atoms with E-state index in [1.807, 2.05) is 12.3 Å². The number of thiazole rings is 1. The summed E-state index contributed by atoms with van der Waals surface area (Å²) < 4.78 is 4.06. The third kappa shape index (κ3) is 2.91. The molecule has 2 aromatic rings. The molecule has 4 N–H and O–H groups in total. The number of aromatic nitrogens is 2. The van der Waals surface area contributed by atoms with Crippen molar-refractivity contribution in [3.05, 3.63) is 21.6 Å². The van der Waals surface area contributed by atoms with E-state index in [2.05, 4.69) is 20.0 Å². The van der Waals surface area contributed by atoms with Crippen LogP contribution < -0.4 is 16.4 Å². The van der Waals surface area contributed by atoms with Crippen molar-refractivity contribution in [2.45, 2.75) is 32.4 Å². The summed E-state index contributed by atoms with van der Waals surface area (Å²) >= 11 is 2.80. The van der Waals surface area contributed by atoms with Crippen LogP contribution in [0, 0.1) is 6.92 Å². The third-order valence-corrected chi connectivity index (χ3v) is 4.71. The van der Waals surface area contributed by atoms with Gasteiger partial charge >= 0.3 is 0 Å². The van der Waals surface area contributed by atoms with E-state index in [1.165, 1.54) is 11.5 Å². The molecule has 1 fully saturated rings. The maximum atomic E-state index is 12.1. The van der Waals surface area contributed by atoms with Crippen molar-refractivity contribution in [3.63, 3.8) is 0 Å². The standard InChI is InChI=1S/C12H15N5OS2/c1-6-5-19-8(15-6)4-14-12-9(10(13)17-20-12)11(18)16-7-2-3-7/h5,7,14H,2-4H2,1H3,(H2,13,17)(H,16,18). The first-order chi connectivity index (χ1) is 9.63. The zero-order chi connectivity index (χ0) is 14.1. The maximum absolute atomic E-state index is 12.1. The van der Waals surface area contributed by atoms with Crippen molar-refractivity contribution in [2.75, 3.05) is 11.1 Å². The summed E-state index contributed by atoms with van der Waals surface area (Å²) in [4.78, 5) is 16.5. The lowest BCUT2D eigenvalue weighted by molar-refractivity contribution is 0.0953. The third-order valence-electron chi connectivity index (χ3n) is 2.92. The lowest BCUT2D eigenvalue weighted by Gasteiger charge is -2.06. The van der Waals surface area contributed by atoms with Gasteiger partial charge in [0.1, 0.15) is 15.6 Å². The molecule has 2 aromatic heterocycles. The Labute approximate surface area is 124 Å². The minimum Gasteiger partial charge on any atom is -0.382 e. The molecule has 0 bridgehead atoms. The first kappa shape index (κ1) is 13.3. The molecule has 0 aromatic carbocycles. The maximum Gasteiger partial charge on any atom is 0.258 e. The van der Waals surface area contributed by atoms with E-state index in [4.69, 9.17) is 5.73 Å². The first-order valence-electron chi connectivity index (χ1n) is 6.34. The zero-order valence-corrected chi connectivity index (χ0v) is 12.6. The van der Waals surface area contributed by atoms with Crippen LogP contribution >= 0.6 is 22.9 Å². The highest BCUT2D eigenvalue weighted by molar-refractivity contribution is 7.11. The van der Waals surface area contributed by atoms with Crippen molar-refractivity contribution in [2.24, 2.45) is 0 Å². The molecule has 6 nitrogen and oxygen atoms in total. The SMILES string of the molecule is Cc1csc(CNc2snc(N)c2C(=O)NC2CC2)n1. The Morgan fingerprint density at radius 2 is 2.35 bits per heavy atom. The fourth-order valence-corrected chi connectivity index (χ4v) is 3.19. The molecule has 20 heavy (non-hydrogen) atoms. The van der Waals surface area contributed by atoms with Gasteiger partial charge in [-0.25, -0.2) is 4.98 Å². The second-order valence-electron chi connectivity index (χ2n) is 4.76. The van der Waals surface area contributed by atoms with E-state index >= 15 is 0 Å². The molecular formula is C12H15N5OS2. The van der Waals surface area contributed by atoms with Gasteiger partial charge in [-0.1, -0.05) is 0 Å². The molecule has 0 saturated heterocycles. The molecule has 1 aliphatic carbocycles. The van der Waals surface area contributed by atoms with E-state index in [9.17, 15) is 4.79 Å². The normalized spacial score (nSPS) is 14.2. The van der Waals surface area contributed by atoms with Gasteiger partial charge in [-0.05, 0) is 31.3 Å². The summed E-state index contributed by atoms with van der Waals surface area (Å²) in [5.74, 6) is 0.141. The Kier molecular flexibility index (Phi) is 3.58. The van der Waals surface area contributed by atoms with Gasteiger partial charge in [-0.15, -0.1) is 11.3 Å². The average molecular weight is 309 g/mol. The molecule has 3 rings (SSSR count). The number of nitrogen functional groups attached to an aromatic ring is 1. The number of anilines is 2. The van der Waals surface area contributed by atoms with Crippen LogP contribution in [0.5, 0.6) is 0 Å². The number of amides is 1.